The first-order valence-electron chi connectivity index (χ1n) is 15.5. The number of amides is 1. The fourth-order valence-corrected chi connectivity index (χ4v) is 9.84. The Bertz CT molecular complexity index is 1550. The SMILES string of the molecule is O=C1NS(=O)(=O)[C@@H]2CCOC[C@H]2C/C=C/[C@H](O)[C@@H]2CC[C@H]2CN2C[C@@]3(CCCc4cc(Cl)ccc43)COc3ccc1cc32. The molecule has 10 heteroatoms. The Hall–Kier alpha value is -2.59. The number of nitrogens with one attached hydrogen (secondary N) is 1. The third kappa shape index (κ3) is 5.47. The minimum absolute atomic E-state index is 0.110. The van der Waals surface area contributed by atoms with Crippen molar-refractivity contribution in [3.8, 4) is 5.75 Å². The second-order valence-corrected chi connectivity index (χ2v) is 15.4. The number of nitrogens with zero attached hydrogens (tertiary/aromatic N) is 1. The molecule has 2 aromatic rings. The number of anilines is 1. The number of carbonyl (C=O) groups is 1. The van der Waals surface area contributed by atoms with Crippen molar-refractivity contribution in [2.24, 2.45) is 17.8 Å². The summed E-state index contributed by atoms with van der Waals surface area (Å²) in [4.78, 5) is 15.8. The van der Waals surface area contributed by atoms with Crippen LogP contribution in [0.25, 0.3) is 0 Å². The molecule has 1 spiro atoms. The molecular formula is C33H39ClN2O6S. The third-order valence-electron chi connectivity index (χ3n) is 10.5. The summed E-state index contributed by atoms with van der Waals surface area (Å²) in [5.41, 5.74) is 3.31. The minimum atomic E-state index is -3.96. The molecule has 5 aliphatic rings. The van der Waals surface area contributed by atoms with Crippen molar-refractivity contribution in [1.82, 2.24) is 4.72 Å². The lowest BCUT2D eigenvalue weighted by Gasteiger charge is -2.45. The number of rotatable bonds is 0. The van der Waals surface area contributed by atoms with E-state index in [0.717, 1.165) is 42.8 Å². The van der Waals surface area contributed by atoms with Crippen molar-refractivity contribution in [3.05, 3.63) is 70.3 Å². The molecule has 2 aromatic carbocycles. The van der Waals surface area contributed by atoms with E-state index >= 15 is 0 Å². The van der Waals surface area contributed by atoms with Gasteiger partial charge in [-0.15, -0.1) is 0 Å². The van der Waals surface area contributed by atoms with E-state index in [1.165, 1.54) is 11.1 Å². The summed E-state index contributed by atoms with van der Waals surface area (Å²) in [6.45, 7) is 2.52. The summed E-state index contributed by atoms with van der Waals surface area (Å²) in [5.74, 6) is 0.128. The minimum Gasteiger partial charge on any atom is -0.490 e. The van der Waals surface area contributed by atoms with Gasteiger partial charge in [-0.05, 0) is 98.2 Å². The zero-order valence-corrected chi connectivity index (χ0v) is 25.8. The van der Waals surface area contributed by atoms with Crippen molar-refractivity contribution < 1.29 is 27.8 Å². The van der Waals surface area contributed by atoms with Crippen molar-refractivity contribution in [3.63, 3.8) is 0 Å². The van der Waals surface area contributed by atoms with E-state index in [9.17, 15) is 18.3 Å². The van der Waals surface area contributed by atoms with Crippen LogP contribution in [0, 0.1) is 17.8 Å². The molecule has 0 radical (unpaired) electrons. The highest BCUT2D eigenvalue weighted by atomic mass is 35.5. The van der Waals surface area contributed by atoms with Gasteiger partial charge < -0.3 is 19.5 Å². The Morgan fingerprint density at radius 3 is 2.81 bits per heavy atom. The molecular weight excluding hydrogens is 588 g/mol. The molecule has 1 saturated heterocycles. The lowest BCUT2D eigenvalue weighted by molar-refractivity contribution is 0.0446. The zero-order valence-electron chi connectivity index (χ0n) is 24.2. The number of benzene rings is 2. The topological polar surface area (TPSA) is 105 Å². The van der Waals surface area contributed by atoms with Crippen LogP contribution in [0.2, 0.25) is 5.02 Å². The highest BCUT2D eigenvalue weighted by molar-refractivity contribution is 7.90. The molecule has 3 heterocycles. The highest BCUT2D eigenvalue weighted by Gasteiger charge is 2.44. The van der Waals surface area contributed by atoms with Gasteiger partial charge in [0.15, 0.2) is 0 Å². The number of hydrogen-bond acceptors (Lipinski definition) is 7. The Morgan fingerprint density at radius 1 is 1.09 bits per heavy atom. The van der Waals surface area contributed by atoms with E-state index < -0.39 is 27.3 Å². The number of aryl methyl sites for hydroxylation is 1. The first-order valence-corrected chi connectivity index (χ1v) is 17.4. The summed E-state index contributed by atoms with van der Waals surface area (Å²) < 4.78 is 41.5. The summed E-state index contributed by atoms with van der Waals surface area (Å²) >= 11 is 6.39. The predicted octanol–water partition coefficient (Wildman–Crippen LogP) is 4.62. The van der Waals surface area contributed by atoms with E-state index in [2.05, 4.69) is 21.8 Å². The van der Waals surface area contributed by atoms with Gasteiger partial charge in [0.05, 0.1) is 30.3 Å². The number of fused-ring (bicyclic) bond motifs is 5. The maximum atomic E-state index is 13.5. The lowest BCUT2D eigenvalue weighted by Crippen LogP contribution is -2.49. The third-order valence-corrected chi connectivity index (χ3v) is 12.6. The second kappa shape index (κ2) is 11.4. The maximum absolute atomic E-state index is 13.5. The summed E-state index contributed by atoms with van der Waals surface area (Å²) in [6, 6.07) is 11.4. The van der Waals surface area contributed by atoms with Gasteiger partial charge in [0, 0.05) is 41.6 Å². The summed E-state index contributed by atoms with van der Waals surface area (Å²) in [6.07, 6.45) is 8.81. The lowest BCUT2D eigenvalue weighted by atomic mass is 9.68. The standard InChI is InChI=1S/C33H39ClN2O6S/c34-25-8-10-27-21(15-25)4-2-13-33(27)19-36-17-23-6-9-26(23)29(37)5-1-3-24-18-41-14-12-31(24)43(39,40)35-32(38)22-7-11-30(42-20-33)28(36)16-22/h1,5,7-8,10-11,15-16,23-24,26,29,31,37H,2-4,6,9,12-14,17-20H2,(H,35,38)/b5-1+/t23-,24+,26+,29-,31+,33-/m0/s1. The van der Waals surface area contributed by atoms with Gasteiger partial charge in [-0.25, -0.2) is 13.1 Å². The first-order chi connectivity index (χ1) is 20.7. The van der Waals surface area contributed by atoms with E-state index in [-0.39, 0.29) is 28.7 Å². The van der Waals surface area contributed by atoms with Gasteiger partial charge in [0.1, 0.15) is 5.75 Å². The fourth-order valence-electron chi connectivity index (χ4n) is 8.01. The van der Waals surface area contributed by atoms with Gasteiger partial charge in [-0.1, -0.05) is 29.8 Å². The van der Waals surface area contributed by atoms with Crippen molar-refractivity contribution in [2.45, 2.75) is 61.7 Å². The molecule has 1 amide bonds. The van der Waals surface area contributed by atoms with Gasteiger partial charge in [-0.3, -0.25) is 4.79 Å². The van der Waals surface area contributed by atoms with E-state index in [1.807, 2.05) is 18.2 Å². The number of allylic oxidation sites excluding steroid dienone is 1. The van der Waals surface area contributed by atoms with E-state index in [0.29, 0.717) is 51.5 Å². The van der Waals surface area contributed by atoms with Gasteiger partial charge in [0.25, 0.3) is 5.91 Å². The van der Waals surface area contributed by atoms with E-state index in [4.69, 9.17) is 21.1 Å². The molecule has 230 valence electrons. The largest absolute Gasteiger partial charge is 0.490 e. The molecule has 2 N–H and O–H groups in total. The van der Waals surface area contributed by atoms with Crippen LogP contribution in [0.4, 0.5) is 5.69 Å². The molecule has 7 rings (SSSR count). The van der Waals surface area contributed by atoms with Crippen molar-refractivity contribution in [2.75, 3.05) is 37.8 Å². The van der Waals surface area contributed by atoms with Crippen LogP contribution in [0.1, 0.15) is 60.0 Å². The number of aliphatic hydroxyl groups is 1. The van der Waals surface area contributed by atoms with Gasteiger partial charge in [0.2, 0.25) is 10.0 Å². The summed E-state index contributed by atoms with van der Waals surface area (Å²) in [7, 11) is -3.96. The van der Waals surface area contributed by atoms with Crippen molar-refractivity contribution in [1.29, 1.82) is 0 Å². The molecule has 2 aliphatic carbocycles. The molecule has 1 saturated carbocycles. The predicted molar refractivity (Wildman–Crippen MR) is 165 cm³/mol. The van der Waals surface area contributed by atoms with Crippen LogP contribution in [-0.4, -0.2) is 63.7 Å². The van der Waals surface area contributed by atoms with Gasteiger partial charge in [-0.2, -0.15) is 0 Å². The van der Waals surface area contributed by atoms with Gasteiger partial charge >= 0.3 is 0 Å². The molecule has 0 unspecified atom stereocenters. The molecule has 2 bridgehead atoms. The van der Waals surface area contributed by atoms with Crippen LogP contribution < -0.4 is 14.4 Å². The number of carbonyl (C=O) groups excluding carboxylic acids is 1. The molecule has 8 nitrogen and oxygen atoms in total. The highest BCUT2D eigenvalue weighted by Crippen LogP contribution is 2.47. The van der Waals surface area contributed by atoms with Crippen LogP contribution in [0.15, 0.2) is 48.6 Å². The second-order valence-electron chi connectivity index (χ2n) is 13.1. The molecule has 0 aromatic heterocycles. The number of sulfonamides is 1. The smallest absolute Gasteiger partial charge is 0.264 e. The molecule has 2 fully saturated rings. The average Bonchev–Trinajstić information content (AvgIpc) is 3.11. The van der Waals surface area contributed by atoms with Crippen LogP contribution >= 0.6 is 11.6 Å². The molecule has 43 heavy (non-hydrogen) atoms. The van der Waals surface area contributed by atoms with Crippen LogP contribution in [-0.2, 0) is 26.6 Å². The van der Waals surface area contributed by atoms with Crippen molar-refractivity contribution >= 4 is 33.2 Å². The van der Waals surface area contributed by atoms with E-state index in [1.54, 1.807) is 18.2 Å². The fraction of sp³-hybridized carbons (Fsp3) is 0.545. The Labute approximate surface area is 258 Å². The van der Waals surface area contributed by atoms with Crippen LogP contribution in [0.3, 0.4) is 0 Å². The number of hydrogen-bond donors (Lipinski definition) is 2. The number of halogens is 1. The normalized spacial score (nSPS) is 34.3. The Balaban J connectivity index is 1.29. The molecule has 6 atom stereocenters. The zero-order chi connectivity index (χ0) is 29.8. The monoisotopic (exact) mass is 626 g/mol. The maximum Gasteiger partial charge on any atom is 0.264 e. The number of ether oxygens (including phenoxy) is 2. The average molecular weight is 627 g/mol. The first kappa shape index (κ1) is 29.1. The van der Waals surface area contributed by atoms with Crippen LogP contribution in [0.5, 0.6) is 5.75 Å². The quantitative estimate of drug-likeness (QED) is 0.411. The Kier molecular flexibility index (Phi) is 7.73. The Morgan fingerprint density at radius 2 is 1.98 bits per heavy atom. The number of aliphatic hydroxyl groups excluding tert-OH is 1. The molecule has 3 aliphatic heterocycles. The summed E-state index contributed by atoms with van der Waals surface area (Å²) in [5, 5.41) is 11.2.